The Labute approximate surface area is 126 Å². The van der Waals surface area contributed by atoms with E-state index in [1.807, 2.05) is 31.2 Å². The fraction of sp³-hybridized carbons (Fsp3) is 0.529. The summed E-state index contributed by atoms with van der Waals surface area (Å²) >= 11 is 0. The lowest BCUT2D eigenvalue weighted by molar-refractivity contribution is -0.122. The maximum atomic E-state index is 12.0. The lowest BCUT2D eigenvalue weighted by Gasteiger charge is -2.30. The number of nitrogens with one attached hydrogen (secondary N) is 2. The van der Waals surface area contributed by atoms with Crippen molar-refractivity contribution >= 4 is 11.7 Å². The number of rotatable bonds is 5. The minimum atomic E-state index is -0.0315. The van der Waals surface area contributed by atoms with Gasteiger partial charge in [0.2, 0.25) is 5.91 Å². The first-order valence-corrected chi connectivity index (χ1v) is 7.69. The molecule has 4 nitrogen and oxygen atoms in total. The lowest BCUT2D eigenvalue weighted by Crippen LogP contribution is -2.51. The Morgan fingerprint density at radius 1 is 1.24 bits per heavy atom. The molecule has 2 rings (SSSR count). The van der Waals surface area contributed by atoms with Crippen molar-refractivity contribution in [3.05, 3.63) is 35.4 Å². The first-order valence-electron chi connectivity index (χ1n) is 7.69. The van der Waals surface area contributed by atoms with Crippen molar-refractivity contribution in [2.45, 2.75) is 51.6 Å². The van der Waals surface area contributed by atoms with E-state index >= 15 is 0 Å². The average molecular weight is 288 g/mol. The number of hydrogen-bond donors (Lipinski definition) is 2. The van der Waals surface area contributed by atoms with Gasteiger partial charge in [-0.25, -0.2) is 0 Å². The molecule has 1 aliphatic heterocycles. The molecular formula is C17H24N2O2. The van der Waals surface area contributed by atoms with Crippen LogP contribution in [0.4, 0.5) is 0 Å². The molecule has 0 aromatic heterocycles. The first kappa shape index (κ1) is 15.7. The molecule has 1 amide bonds. The number of Topliss-reactive ketones (excluding diaryl/α,β-unsaturated/α-hetero) is 1. The van der Waals surface area contributed by atoms with Crippen LogP contribution >= 0.6 is 0 Å². The SMILES string of the molecule is Cc1ccc(C(=O)CCC(=O)NC2CCCNC2C)cc1. The Morgan fingerprint density at radius 2 is 1.95 bits per heavy atom. The number of aryl methyl sites for hydroxylation is 1. The summed E-state index contributed by atoms with van der Waals surface area (Å²) < 4.78 is 0. The standard InChI is InChI=1S/C17H24N2O2/c1-12-5-7-14(8-6-12)16(20)9-10-17(21)19-15-4-3-11-18-13(15)2/h5-8,13,15,18H,3-4,9-11H2,1-2H3,(H,19,21). The monoisotopic (exact) mass is 288 g/mol. The predicted octanol–water partition coefficient (Wildman–Crippen LogP) is 2.21. The summed E-state index contributed by atoms with van der Waals surface area (Å²) in [5.74, 6) is -0.00372. The highest BCUT2D eigenvalue weighted by Crippen LogP contribution is 2.10. The highest BCUT2D eigenvalue weighted by atomic mass is 16.2. The van der Waals surface area contributed by atoms with Crippen LogP contribution in [-0.4, -0.2) is 30.3 Å². The fourth-order valence-electron chi connectivity index (χ4n) is 2.63. The van der Waals surface area contributed by atoms with Crippen LogP contribution in [-0.2, 0) is 4.79 Å². The summed E-state index contributed by atoms with van der Waals surface area (Å²) in [6, 6.07) is 7.97. The van der Waals surface area contributed by atoms with Crippen LogP contribution in [0.2, 0.25) is 0 Å². The normalized spacial score (nSPS) is 21.8. The summed E-state index contributed by atoms with van der Waals surface area (Å²) in [5.41, 5.74) is 1.81. The largest absolute Gasteiger partial charge is 0.352 e. The maximum absolute atomic E-state index is 12.0. The molecular weight excluding hydrogens is 264 g/mol. The fourth-order valence-corrected chi connectivity index (χ4v) is 2.63. The Bertz CT molecular complexity index is 496. The second-order valence-electron chi connectivity index (χ2n) is 5.85. The third-order valence-corrected chi connectivity index (χ3v) is 4.06. The van der Waals surface area contributed by atoms with Gasteiger partial charge in [-0.3, -0.25) is 9.59 Å². The van der Waals surface area contributed by atoms with Crippen molar-refractivity contribution in [2.75, 3.05) is 6.54 Å². The van der Waals surface area contributed by atoms with Crippen molar-refractivity contribution < 1.29 is 9.59 Å². The van der Waals surface area contributed by atoms with Gasteiger partial charge in [0.1, 0.15) is 0 Å². The molecule has 21 heavy (non-hydrogen) atoms. The minimum absolute atomic E-state index is 0.0277. The van der Waals surface area contributed by atoms with Gasteiger partial charge in [0.25, 0.3) is 0 Å². The molecule has 1 aliphatic rings. The molecule has 2 atom stereocenters. The van der Waals surface area contributed by atoms with Crippen molar-refractivity contribution in [1.82, 2.24) is 10.6 Å². The van der Waals surface area contributed by atoms with Crippen molar-refractivity contribution in [3.8, 4) is 0 Å². The summed E-state index contributed by atoms with van der Waals surface area (Å²) in [6.45, 7) is 5.09. The smallest absolute Gasteiger partial charge is 0.220 e. The topological polar surface area (TPSA) is 58.2 Å². The highest BCUT2D eigenvalue weighted by Gasteiger charge is 2.22. The zero-order chi connectivity index (χ0) is 15.2. The summed E-state index contributed by atoms with van der Waals surface area (Å²) in [6.07, 6.45) is 2.61. The van der Waals surface area contributed by atoms with Gasteiger partial charge in [-0.2, -0.15) is 0 Å². The number of carbonyl (C=O) groups excluding carboxylic acids is 2. The van der Waals surface area contributed by atoms with Crippen LogP contribution in [0.1, 0.15) is 48.5 Å². The van der Waals surface area contributed by atoms with E-state index in [1.54, 1.807) is 0 Å². The highest BCUT2D eigenvalue weighted by molar-refractivity contribution is 5.97. The van der Waals surface area contributed by atoms with Gasteiger partial charge in [0, 0.05) is 30.5 Å². The van der Waals surface area contributed by atoms with Gasteiger partial charge < -0.3 is 10.6 Å². The van der Waals surface area contributed by atoms with Crippen LogP contribution in [0.15, 0.2) is 24.3 Å². The third kappa shape index (κ3) is 4.67. The van der Waals surface area contributed by atoms with Crippen molar-refractivity contribution in [3.63, 3.8) is 0 Å². The average Bonchev–Trinajstić information content (AvgIpc) is 2.48. The molecule has 1 saturated heterocycles. The van der Waals surface area contributed by atoms with Gasteiger partial charge >= 0.3 is 0 Å². The number of piperidine rings is 1. The molecule has 4 heteroatoms. The molecule has 2 N–H and O–H groups in total. The van der Waals surface area contributed by atoms with E-state index in [9.17, 15) is 9.59 Å². The van der Waals surface area contributed by atoms with Crippen molar-refractivity contribution in [1.29, 1.82) is 0 Å². The molecule has 1 heterocycles. The molecule has 1 fully saturated rings. The Morgan fingerprint density at radius 3 is 2.62 bits per heavy atom. The zero-order valence-corrected chi connectivity index (χ0v) is 12.8. The van der Waals surface area contributed by atoms with Gasteiger partial charge in [-0.1, -0.05) is 29.8 Å². The molecule has 0 bridgehead atoms. The van der Waals surface area contributed by atoms with Crippen LogP contribution < -0.4 is 10.6 Å². The van der Waals surface area contributed by atoms with Gasteiger partial charge in [-0.15, -0.1) is 0 Å². The van der Waals surface area contributed by atoms with Gasteiger partial charge in [0.05, 0.1) is 0 Å². The Hall–Kier alpha value is -1.68. The minimum Gasteiger partial charge on any atom is -0.352 e. The van der Waals surface area contributed by atoms with E-state index in [1.165, 1.54) is 0 Å². The molecule has 2 unspecified atom stereocenters. The maximum Gasteiger partial charge on any atom is 0.220 e. The van der Waals surface area contributed by atoms with Crippen LogP contribution in [0.25, 0.3) is 0 Å². The number of benzene rings is 1. The molecule has 1 aromatic carbocycles. The third-order valence-electron chi connectivity index (χ3n) is 4.06. The first-order chi connectivity index (χ1) is 10.1. The summed E-state index contributed by atoms with van der Waals surface area (Å²) in [5, 5.41) is 6.38. The Kier molecular flexibility index (Phi) is 5.51. The molecule has 1 aromatic rings. The van der Waals surface area contributed by atoms with E-state index in [-0.39, 0.29) is 30.6 Å². The van der Waals surface area contributed by atoms with Crippen molar-refractivity contribution in [2.24, 2.45) is 0 Å². The van der Waals surface area contributed by atoms with E-state index < -0.39 is 0 Å². The predicted molar refractivity (Wildman–Crippen MR) is 83.4 cm³/mol. The molecule has 0 saturated carbocycles. The number of hydrogen-bond acceptors (Lipinski definition) is 3. The van der Waals surface area contributed by atoms with E-state index in [0.29, 0.717) is 11.6 Å². The number of amides is 1. The number of carbonyl (C=O) groups is 2. The van der Waals surface area contributed by atoms with E-state index in [4.69, 9.17) is 0 Å². The molecule has 114 valence electrons. The van der Waals surface area contributed by atoms with E-state index in [0.717, 1.165) is 24.9 Å². The van der Waals surface area contributed by atoms with Gasteiger partial charge in [-0.05, 0) is 33.2 Å². The quantitative estimate of drug-likeness (QED) is 0.817. The van der Waals surface area contributed by atoms with Crippen LogP contribution in [0.5, 0.6) is 0 Å². The van der Waals surface area contributed by atoms with E-state index in [2.05, 4.69) is 17.6 Å². The van der Waals surface area contributed by atoms with Gasteiger partial charge in [0.15, 0.2) is 5.78 Å². The van der Waals surface area contributed by atoms with Crippen LogP contribution in [0, 0.1) is 6.92 Å². The Balaban J connectivity index is 1.78. The second-order valence-corrected chi connectivity index (χ2v) is 5.85. The molecule has 0 spiro atoms. The molecule has 0 aliphatic carbocycles. The summed E-state index contributed by atoms with van der Waals surface area (Å²) in [4.78, 5) is 24.0. The number of ketones is 1. The van der Waals surface area contributed by atoms with Crippen LogP contribution in [0.3, 0.4) is 0 Å². The second kappa shape index (κ2) is 7.36. The lowest BCUT2D eigenvalue weighted by atomic mass is 9.99. The summed E-state index contributed by atoms with van der Waals surface area (Å²) in [7, 11) is 0. The zero-order valence-electron chi connectivity index (χ0n) is 12.8. The molecule has 0 radical (unpaired) electrons.